The maximum Gasteiger partial charge on any atom is 0.257 e. The summed E-state index contributed by atoms with van der Waals surface area (Å²) >= 11 is 11.0. The molecule has 0 unspecified atom stereocenters. The van der Waals surface area contributed by atoms with Crippen LogP contribution in [0.4, 0.5) is 11.4 Å². The van der Waals surface area contributed by atoms with Crippen LogP contribution in [0.25, 0.3) is 0 Å². The normalized spacial score (nSPS) is 10.0. The summed E-state index contributed by atoms with van der Waals surface area (Å²) in [4.78, 5) is 23.8. The molecule has 0 bridgehead atoms. The van der Waals surface area contributed by atoms with Crippen LogP contribution in [0.3, 0.4) is 0 Å². The SMILES string of the molecule is CCCC(=O)Nc1cccc(NC(=S)NC(=O)c2cccc(Cl)c2)c1. The molecule has 5 nitrogen and oxygen atoms in total. The molecule has 2 aromatic rings. The van der Waals surface area contributed by atoms with Crippen molar-refractivity contribution >= 4 is 52.1 Å². The van der Waals surface area contributed by atoms with Crippen LogP contribution in [-0.2, 0) is 4.79 Å². The van der Waals surface area contributed by atoms with E-state index in [2.05, 4.69) is 16.0 Å². The number of carbonyl (C=O) groups excluding carboxylic acids is 2. The van der Waals surface area contributed by atoms with Gasteiger partial charge in [-0.2, -0.15) is 0 Å². The van der Waals surface area contributed by atoms with Gasteiger partial charge in [0.2, 0.25) is 5.91 Å². The molecule has 2 amide bonds. The number of amides is 2. The Morgan fingerprint density at radius 3 is 2.40 bits per heavy atom. The van der Waals surface area contributed by atoms with Crippen LogP contribution in [0.2, 0.25) is 5.02 Å². The molecule has 25 heavy (non-hydrogen) atoms. The van der Waals surface area contributed by atoms with Crippen LogP contribution in [0, 0.1) is 0 Å². The van der Waals surface area contributed by atoms with E-state index >= 15 is 0 Å². The van der Waals surface area contributed by atoms with Gasteiger partial charge >= 0.3 is 0 Å². The summed E-state index contributed by atoms with van der Waals surface area (Å²) in [6.07, 6.45) is 1.25. The number of halogens is 1. The van der Waals surface area contributed by atoms with Gasteiger partial charge < -0.3 is 10.6 Å². The lowest BCUT2D eigenvalue weighted by atomic mass is 10.2. The first kappa shape index (κ1) is 18.9. The summed E-state index contributed by atoms with van der Waals surface area (Å²) in [6, 6.07) is 13.7. The molecular formula is C18H18ClN3O2S. The van der Waals surface area contributed by atoms with E-state index < -0.39 is 0 Å². The second-order valence-electron chi connectivity index (χ2n) is 5.30. The second kappa shape index (κ2) is 9.15. The third-order valence-corrected chi connectivity index (χ3v) is 3.63. The largest absolute Gasteiger partial charge is 0.332 e. The Hall–Kier alpha value is -2.44. The monoisotopic (exact) mass is 375 g/mol. The fourth-order valence-electron chi connectivity index (χ4n) is 2.09. The molecule has 0 spiro atoms. The Bertz CT molecular complexity index is 795. The van der Waals surface area contributed by atoms with Gasteiger partial charge in [0, 0.05) is 28.4 Å². The fourth-order valence-corrected chi connectivity index (χ4v) is 2.49. The van der Waals surface area contributed by atoms with Gasteiger partial charge in [0.25, 0.3) is 5.91 Å². The standard InChI is InChI=1S/C18H18ClN3O2S/c1-2-5-16(23)20-14-8-4-9-15(11-14)21-18(25)22-17(24)12-6-3-7-13(19)10-12/h3-4,6-11H,2,5H2,1H3,(H,20,23)(H2,21,22,24,25). The van der Waals surface area contributed by atoms with Crippen LogP contribution in [-0.4, -0.2) is 16.9 Å². The van der Waals surface area contributed by atoms with Gasteiger partial charge in [-0.1, -0.05) is 30.7 Å². The van der Waals surface area contributed by atoms with Crippen molar-refractivity contribution in [2.45, 2.75) is 19.8 Å². The Labute approximate surface area is 156 Å². The minimum absolute atomic E-state index is 0.0449. The Morgan fingerprint density at radius 2 is 1.72 bits per heavy atom. The Morgan fingerprint density at radius 1 is 1.04 bits per heavy atom. The first-order valence-corrected chi connectivity index (χ1v) is 8.54. The number of rotatable bonds is 5. The van der Waals surface area contributed by atoms with Crippen molar-refractivity contribution in [2.24, 2.45) is 0 Å². The number of benzene rings is 2. The highest BCUT2D eigenvalue weighted by Gasteiger charge is 2.09. The molecule has 2 aromatic carbocycles. The van der Waals surface area contributed by atoms with Crippen LogP contribution in [0.1, 0.15) is 30.1 Å². The highest BCUT2D eigenvalue weighted by molar-refractivity contribution is 7.80. The van der Waals surface area contributed by atoms with E-state index in [-0.39, 0.29) is 16.9 Å². The molecule has 3 N–H and O–H groups in total. The lowest BCUT2D eigenvalue weighted by molar-refractivity contribution is -0.116. The molecule has 7 heteroatoms. The minimum atomic E-state index is -0.354. The number of anilines is 2. The van der Waals surface area contributed by atoms with E-state index in [9.17, 15) is 9.59 Å². The van der Waals surface area contributed by atoms with Gasteiger partial charge in [0.05, 0.1) is 0 Å². The summed E-state index contributed by atoms with van der Waals surface area (Å²) in [7, 11) is 0. The number of hydrogen-bond acceptors (Lipinski definition) is 3. The predicted octanol–water partition coefficient (Wildman–Crippen LogP) is 4.21. The van der Waals surface area contributed by atoms with Gasteiger partial charge in [-0.15, -0.1) is 0 Å². The van der Waals surface area contributed by atoms with Crippen molar-refractivity contribution in [3.63, 3.8) is 0 Å². The van der Waals surface area contributed by atoms with Crippen molar-refractivity contribution in [1.82, 2.24) is 5.32 Å². The van der Waals surface area contributed by atoms with E-state index in [0.717, 1.165) is 6.42 Å². The molecule has 0 atom stereocenters. The lowest BCUT2D eigenvalue weighted by Crippen LogP contribution is -2.34. The third-order valence-electron chi connectivity index (χ3n) is 3.20. The highest BCUT2D eigenvalue weighted by Crippen LogP contribution is 2.16. The molecule has 0 saturated heterocycles. The first-order valence-electron chi connectivity index (χ1n) is 7.75. The maximum atomic E-state index is 12.1. The van der Waals surface area contributed by atoms with E-state index in [0.29, 0.717) is 28.4 Å². The number of carbonyl (C=O) groups is 2. The van der Waals surface area contributed by atoms with E-state index in [4.69, 9.17) is 23.8 Å². The Kier molecular flexibility index (Phi) is 6.91. The van der Waals surface area contributed by atoms with Crippen molar-refractivity contribution in [1.29, 1.82) is 0 Å². The van der Waals surface area contributed by atoms with E-state index in [1.807, 2.05) is 6.92 Å². The zero-order valence-corrected chi connectivity index (χ0v) is 15.2. The van der Waals surface area contributed by atoms with Gasteiger partial charge in [-0.3, -0.25) is 14.9 Å². The van der Waals surface area contributed by atoms with Crippen molar-refractivity contribution in [3.8, 4) is 0 Å². The van der Waals surface area contributed by atoms with E-state index in [1.54, 1.807) is 48.5 Å². The van der Waals surface area contributed by atoms with Gasteiger partial charge in [0.15, 0.2) is 5.11 Å². The maximum absolute atomic E-state index is 12.1. The molecule has 0 radical (unpaired) electrons. The summed E-state index contributed by atoms with van der Waals surface area (Å²) in [6.45, 7) is 1.94. The van der Waals surface area contributed by atoms with Gasteiger partial charge in [-0.05, 0) is 55.0 Å². The van der Waals surface area contributed by atoms with E-state index in [1.165, 1.54) is 0 Å². The molecule has 0 aliphatic heterocycles. The quantitative estimate of drug-likeness (QED) is 0.685. The molecule has 2 rings (SSSR count). The fraction of sp³-hybridized carbons (Fsp3) is 0.167. The van der Waals surface area contributed by atoms with Crippen LogP contribution >= 0.6 is 23.8 Å². The van der Waals surface area contributed by atoms with Crippen LogP contribution in [0.5, 0.6) is 0 Å². The number of nitrogens with one attached hydrogen (secondary N) is 3. The van der Waals surface area contributed by atoms with Gasteiger partial charge in [0.1, 0.15) is 0 Å². The summed E-state index contributed by atoms with van der Waals surface area (Å²) < 4.78 is 0. The Balaban J connectivity index is 1.96. The predicted molar refractivity (Wildman–Crippen MR) is 105 cm³/mol. The van der Waals surface area contributed by atoms with Crippen LogP contribution < -0.4 is 16.0 Å². The topological polar surface area (TPSA) is 70.2 Å². The molecule has 0 fully saturated rings. The second-order valence-corrected chi connectivity index (χ2v) is 6.14. The molecule has 0 saturated carbocycles. The molecule has 0 heterocycles. The molecular weight excluding hydrogens is 358 g/mol. The van der Waals surface area contributed by atoms with Crippen molar-refractivity contribution < 1.29 is 9.59 Å². The average molecular weight is 376 g/mol. The zero-order valence-electron chi connectivity index (χ0n) is 13.6. The molecule has 0 aromatic heterocycles. The molecule has 130 valence electrons. The smallest absolute Gasteiger partial charge is 0.257 e. The average Bonchev–Trinajstić information content (AvgIpc) is 2.55. The summed E-state index contributed by atoms with van der Waals surface area (Å²) in [5.41, 5.74) is 1.73. The minimum Gasteiger partial charge on any atom is -0.332 e. The lowest BCUT2D eigenvalue weighted by Gasteiger charge is -2.11. The third kappa shape index (κ3) is 6.17. The summed E-state index contributed by atoms with van der Waals surface area (Å²) in [5.74, 6) is -0.399. The molecule has 0 aliphatic rings. The number of hydrogen-bond donors (Lipinski definition) is 3. The molecule has 0 aliphatic carbocycles. The van der Waals surface area contributed by atoms with Crippen molar-refractivity contribution in [2.75, 3.05) is 10.6 Å². The number of thiocarbonyl (C=S) groups is 1. The van der Waals surface area contributed by atoms with Crippen molar-refractivity contribution in [3.05, 3.63) is 59.1 Å². The first-order chi connectivity index (χ1) is 12.0. The van der Waals surface area contributed by atoms with Crippen LogP contribution in [0.15, 0.2) is 48.5 Å². The van der Waals surface area contributed by atoms with Gasteiger partial charge in [-0.25, -0.2) is 0 Å². The summed E-state index contributed by atoms with van der Waals surface area (Å²) in [5, 5.41) is 8.94. The zero-order chi connectivity index (χ0) is 18.2. The highest BCUT2D eigenvalue weighted by atomic mass is 35.5.